The van der Waals surface area contributed by atoms with Crippen LogP contribution in [-0.4, -0.2) is 47.2 Å². The van der Waals surface area contributed by atoms with Gasteiger partial charge in [0.15, 0.2) is 0 Å². The molecule has 0 unspecified atom stereocenters. The molecule has 2 aromatic rings. The van der Waals surface area contributed by atoms with Crippen molar-refractivity contribution < 1.29 is 9.53 Å². The molecule has 4 rings (SSSR count). The third-order valence-electron chi connectivity index (χ3n) is 5.45. The van der Waals surface area contributed by atoms with Gasteiger partial charge >= 0.3 is 0 Å². The minimum Gasteiger partial charge on any atom is -0.384 e. The van der Waals surface area contributed by atoms with Crippen LogP contribution in [0.5, 0.6) is 0 Å². The fraction of sp³-hybridized carbons (Fsp3) is 0.450. The second-order valence-electron chi connectivity index (χ2n) is 7.17. The van der Waals surface area contributed by atoms with Crippen molar-refractivity contribution in [1.82, 2.24) is 14.5 Å². The summed E-state index contributed by atoms with van der Waals surface area (Å²) in [7, 11) is 1.61. The minimum absolute atomic E-state index is 0.0457. The fourth-order valence-electron chi connectivity index (χ4n) is 4.24. The van der Waals surface area contributed by atoms with E-state index in [0.29, 0.717) is 37.6 Å². The first-order valence-corrected chi connectivity index (χ1v) is 9.08. The van der Waals surface area contributed by atoms with Crippen molar-refractivity contribution in [3.63, 3.8) is 0 Å². The predicted molar refractivity (Wildman–Crippen MR) is 97.9 cm³/mol. The summed E-state index contributed by atoms with van der Waals surface area (Å²) >= 11 is 0. The van der Waals surface area contributed by atoms with E-state index in [1.165, 1.54) is 0 Å². The number of rotatable bonds is 4. The number of aromatic nitrogens is 2. The van der Waals surface area contributed by atoms with E-state index in [-0.39, 0.29) is 17.4 Å². The maximum atomic E-state index is 13.0. The van der Waals surface area contributed by atoms with E-state index in [1.54, 1.807) is 19.5 Å². The molecular weight excluding hydrogens is 330 g/mol. The first-order chi connectivity index (χ1) is 12.7. The van der Waals surface area contributed by atoms with E-state index >= 15 is 0 Å². The summed E-state index contributed by atoms with van der Waals surface area (Å²) in [4.78, 5) is 31.5. The van der Waals surface area contributed by atoms with Gasteiger partial charge in [-0.3, -0.25) is 14.6 Å². The monoisotopic (exact) mass is 353 g/mol. The van der Waals surface area contributed by atoms with Crippen LogP contribution in [0.3, 0.4) is 0 Å². The van der Waals surface area contributed by atoms with Gasteiger partial charge in [0, 0.05) is 61.9 Å². The molecule has 136 valence electrons. The zero-order chi connectivity index (χ0) is 18.1. The predicted octanol–water partition coefficient (Wildman–Crippen LogP) is 1.89. The first-order valence-electron chi connectivity index (χ1n) is 9.08. The maximum absolute atomic E-state index is 13.0. The number of nitrogens with zero attached hydrogens (tertiary/aromatic N) is 3. The number of hydrogen-bond donors (Lipinski definition) is 0. The lowest BCUT2D eigenvalue weighted by Crippen LogP contribution is -2.49. The summed E-state index contributed by atoms with van der Waals surface area (Å²) in [5.41, 5.74) is 2.63. The molecule has 0 aliphatic carbocycles. The molecule has 4 heterocycles. The average molecular weight is 353 g/mol. The van der Waals surface area contributed by atoms with Crippen LogP contribution >= 0.6 is 0 Å². The van der Waals surface area contributed by atoms with Crippen molar-refractivity contribution in [1.29, 1.82) is 0 Å². The van der Waals surface area contributed by atoms with E-state index in [0.717, 1.165) is 24.2 Å². The number of ether oxygens (including phenoxy) is 1. The highest BCUT2D eigenvalue weighted by atomic mass is 16.5. The van der Waals surface area contributed by atoms with Crippen LogP contribution < -0.4 is 5.56 Å². The molecule has 2 aliphatic rings. The number of pyridine rings is 2. The van der Waals surface area contributed by atoms with Crippen molar-refractivity contribution in [3.8, 4) is 11.1 Å². The number of piperidine rings is 1. The molecule has 6 heteroatoms. The summed E-state index contributed by atoms with van der Waals surface area (Å²) < 4.78 is 6.94. The number of carbonyl (C=O) groups excluding carboxylic acids is 1. The molecule has 0 aromatic carbocycles. The molecule has 0 saturated carbocycles. The van der Waals surface area contributed by atoms with Gasteiger partial charge in [-0.05, 0) is 30.5 Å². The molecule has 0 spiro atoms. The van der Waals surface area contributed by atoms with Gasteiger partial charge in [-0.25, -0.2) is 0 Å². The highest BCUT2D eigenvalue weighted by molar-refractivity contribution is 5.76. The van der Waals surface area contributed by atoms with Crippen LogP contribution in [0.4, 0.5) is 0 Å². The van der Waals surface area contributed by atoms with Gasteiger partial charge in [0.1, 0.15) is 0 Å². The second-order valence-corrected chi connectivity index (χ2v) is 7.17. The van der Waals surface area contributed by atoms with Crippen LogP contribution in [0, 0.1) is 5.92 Å². The van der Waals surface area contributed by atoms with Crippen molar-refractivity contribution in [2.75, 3.05) is 26.8 Å². The molecule has 2 aliphatic heterocycles. The third-order valence-corrected chi connectivity index (χ3v) is 5.45. The van der Waals surface area contributed by atoms with Gasteiger partial charge < -0.3 is 14.2 Å². The molecule has 0 N–H and O–H groups in total. The molecule has 6 nitrogen and oxygen atoms in total. The third kappa shape index (κ3) is 3.05. The fourth-order valence-corrected chi connectivity index (χ4v) is 4.24. The summed E-state index contributed by atoms with van der Waals surface area (Å²) in [6, 6.07) is 7.71. The van der Waals surface area contributed by atoms with Crippen molar-refractivity contribution in [2.24, 2.45) is 5.92 Å². The normalized spacial score (nSPS) is 21.3. The Hall–Kier alpha value is -2.47. The maximum Gasteiger partial charge on any atom is 0.258 e. The van der Waals surface area contributed by atoms with Gasteiger partial charge in [-0.15, -0.1) is 0 Å². The molecule has 2 atom stereocenters. The number of methoxy groups -OCH3 is 1. The van der Waals surface area contributed by atoms with Gasteiger partial charge in [-0.1, -0.05) is 6.07 Å². The first kappa shape index (κ1) is 17.0. The van der Waals surface area contributed by atoms with E-state index in [1.807, 2.05) is 33.7 Å². The second kappa shape index (κ2) is 7.03. The Bertz CT molecular complexity index is 862. The van der Waals surface area contributed by atoms with Crippen molar-refractivity contribution in [2.45, 2.75) is 25.3 Å². The summed E-state index contributed by atoms with van der Waals surface area (Å²) in [5, 5.41) is 0. The number of fused-ring (bicyclic) bond motifs is 4. The minimum atomic E-state index is 0.0457. The molecule has 0 radical (unpaired) electrons. The summed E-state index contributed by atoms with van der Waals surface area (Å²) in [6.07, 6.45) is 4.89. The van der Waals surface area contributed by atoms with Crippen LogP contribution in [0.1, 0.15) is 24.5 Å². The van der Waals surface area contributed by atoms with E-state index in [2.05, 4.69) is 4.98 Å². The smallest absolute Gasteiger partial charge is 0.258 e. The molecule has 26 heavy (non-hydrogen) atoms. The van der Waals surface area contributed by atoms with Gasteiger partial charge in [0.25, 0.3) is 5.56 Å². The quantitative estimate of drug-likeness (QED) is 0.842. The molecule has 2 bridgehead atoms. The molecular formula is C20H23N3O3. The lowest BCUT2D eigenvalue weighted by atomic mass is 9.82. The Labute approximate surface area is 152 Å². The molecule has 1 saturated heterocycles. The van der Waals surface area contributed by atoms with Crippen molar-refractivity contribution in [3.05, 3.63) is 52.7 Å². The van der Waals surface area contributed by atoms with Gasteiger partial charge in [-0.2, -0.15) is 0 Å². The molecule has 1 fully saturated rings. The zero-order valence-corrected chi connectivity index (χ0v) is 14.9. The van der Waals surface area contributed by atoms with E-state index in [9.17, 15) is 9.59 Å². The van der Waals surface area contributed by atoms with Crippen LogP contribution in [0.2, 0.25) is 0 Å². The topological polar surface area (TPSA) is 64.4 Å². The van der Waals surface area contributed by atoms with Crippen molar-refractivity contribution >= 4 is 5.91 Å². The highest BCUT2D eigenvalue weighted by Gasteiger charge is 2.36. The lowest BCUT2D eigenvalue weighted by Gasteiger charge is -2.43. The van der Waals surface area contributed by atoms with E-state index < -0.39 is 0 Å². The molecule has 2 aromatic heterocycles. The molecule has 1 amide bonds. The average Bonchev–Trinajstić information content (AvgIpc) is 2.67. The van der Waals surface area contributed by atoms with Crippen LogP contribution in [0.25, 0.3) is 11.1 Å². The lowest BCUT2D eigenvalue weighted by molar-refractivity contribution is -0.134. The SMILES string of the molecule is COCCC(=O)N1C[C@@H]2C[C@H](C1)c1ccc(-c3cccnc3)c(=O)n1C2. The zero-order valence-electron chi connectivity index (χ0n) is 14.9. The van der Waals surface area contributed by atoms with E-state index in [4.69, 9.17) is 4.74 Å². The highest BCUT2D eigenvalue weighted by Crippen LogP contribution is 2.35. The number of likely N-dealkylation sites (tertiary alicyclic amines) is 1. The Kier molecular flexibility index (Phi) is 4.59. The summed E-state index contributed by atoms with van der Waals surface area (Å²) in [6.45, 7) is 2.54. The Morgan fingerprint density at radius 3 is 2.92 bits per heavy atom. The summed E-state index contributed by atoms with van der Waals surface area (Å²) in [5.74, 6) is 0.698. The largest absolute Gasteiger partial charge is 0.384 e. The Balaban J connectivity index is 1.63. The number of hydrogen-bond acceptors (Lipinski definition) is 4. The van der Waals surface area contributed by atoms with Gasteiger partial charge in [0.05, 0.1) is 13.0 Å². The van der Waals surface area contributed by atoms with Gasteiger partial charge in [0.2, 0.25) is 5.91 Å². The standard InChI is InChI=1S/C20H23N3O3/c1-26-8-6-19(24)22-11-14-9-16(13-22)18-5-4-17(20(25)23(18)12-14)15-3-2-7-21-10-15/h2-5,7,10,14,16H,6,8-9,11-13H2,1H3/t14-,16+/m0/s1. The number of carbonyl (C=O) groups is 1. The number of amides is 1. The van der Waals surface area contributed by atoms with Crippen LogP contribution in [-0.2, 0) is 16.1 Å². The van der Waals surface area contributed by atoms with Crippen LogP contribution in [0.15, 0.2) is 41.5 Å². The Morgan fingerprint density at radius 1 is 1.27 bits per heavy atom. The Morgan fingerprint density at radius 2 is 2.15 bits per heavy atom.